The number of imidazole rings is 1. The van der Waals surface area contributed by atoms with E-state index in [1.807, 2.05) is 36.8 Å². The van der Waals surface area contributed by atoms with E-state index in [-0.39, 0.29) is 0 Å². The fourth-order valence-corrected chi connectivity index (χ4v) is 1.93. The van der Waals surface area contributed by atoms with Gasteiger partial charge in [0.2, 0.25) is 0 Å². The summed E-state index contributed by atoms with van der Waals surface area (Å²) in [5, 5.41) is 9.55. The van der Waals surface area contributed by atoms with Crippen LogP contribution < -0.4 is 4.74 Å². The van der Waals surface area contributed by atoms with Crippen molar-refractivity contribution in [2.75, 3.05) is 0 Å². The summed E-state index contributed by atoms with van der Waals surface area (Å²) in [6.07, 6.45) is 3.15. The van der Waals surface area contributed by atoms with E-state index < -0.39 is 6.10 Å². The number of hydrogen-bond acceptors (Lipinski definition) is 3. The molecule has 0 saturated carbocycles. The molecule has 0 radical (unpaired) electrons. The minimum absolute atomic E-state index is 0.366. The second kappa shape index (κ2) is 5.89. The van der Waals surface area contributed by atoms with Crippen molar-refractivity contribution in [1.29, 1.82) is 0 Å². The second-order valence-corrected chi connectivity index (χ2v) is 4.92. The Morgan fingerprint density at radius 3 is 2.79 bits per heavy atom. The standard InChI is InChI=1S/C15H20N2O2/c1-11(2)17-10-16-8-14(17)9-19-15-6-4-5-13(7-15)12(3)18/h4-8,10-12,18H,9H2,1-3H3/t12-/m1/s1. The van der Waals surface area contributed by atoms with Crippen molar-refractivity contribution < 1.29 is 9.84 Å². The predicted octanol–water partition coefficient (Wildman–Crippen LogP) is 3.10. The Labute approximate surface area is 113 Å². The van der Waals surface area contributed by atoms with Crippen LogP contribution in [0.2, 0.25) is 0 Å². The van der Waals surface area contributed by atoms with Gasteiger partial charge in [-0.25, -0.2) is 4.98 Å². The van der Waals surface area contributed by atoms with Crippen LogP contribution in [-0.2, 0) is 6.61 Å². The van der Waals surface area contributed by atoms with Crippen LogP contribution in [-0.4, -0.2) is 14.7 Å². The van der Waals surface area contributed by atoms with E-state index in [1.54, 1.807) is 6.92 Å². The Hall–Kier alpha value is -1.81. The maximum Gasteiger partial charge on any atom is 0.130 e. The molecular weight excluding hydrogens is 240 g/mol. The van der Waals surface area contributed by atoms with Crippen molar-refractivity contribution in [3.05, 3.63) is 48.0 Å². The molecule has 0 aliphatic carbocycles. The molecule has 0 aliphatic heterocycles. The van der Waals surface area contributed by atoms with Crippen molar-refractivity contribution in [2.24, 2.45) is 0 Å². The number of benzene rings is 1. The van der Waals surface area contributed by atoms with E-state index >= 15 is 0 Å². The Morgan fingerprint density at radius 1 is 1.32 bits per heavy atom. The highest BCUT2D eigenvalue weighted by atomic mass is 16.5. The van der Waals surface area contributed by atoms with Crippen LogP contribution in [0.4, 0.5) is 0 Å². The normalized spacial score (nSPS) is 12.7. The molecule has 1 aromatic carbocycles. The quantitative estimate of drug-likeness (QED) is 0.898. The summed E-state index contributed by atoms with van der Waals surface area (Å²) in [4.78, 5) is 4.14. The Kier molecular flexibility index (Phi) is 4.22. The van der Waals surface area contributed by atoms with Gasteiger partial charge in [-0.1, -0.05) is 12.1 Å². The van der Waals surface area contributed by atoms with Crippen LogP contribution in [0.1, 0.15) is 44.2 Å². The molecule has 0 amide bonds. The molecule has 1 atom stereocenters. The zero-order valence-electron chi connectivity index (χ0n) is 11.6. The molecule has 1 heterocycles. The van der Waals surface area contributed by atoms with Crippen molar-refractivity contribution >= 4 is 0 Å². The van der Waals surface area contributed by atoms with Crippen molar-refractivity contribution in [1.82, 2.24) is 9.55 Å². The number of aromatic nitrogens is 2. The minimum Gasteiger partial charge on any atom is -0.487 e. The van der Waals surface area contributed by atoms with Gasteiger partial charge in [-0.3, -0.25) is 0 Å². The zero-order chi connectivity index (χ0) is 13.8. The van der Waals surface area contributed by atoms with Gasteiger partial charge in [0.1, 0.15) is 12.4 Å². The van der Waals surface area contributed by atoms with Crippen molar-refractivity contribution in [2.45, 2.75) is 39.5 Å². The molecule has 0 bridgehead atoms. The fourth-order valence-electron chi connectivity index (χ4n) is 1.93. The number of nitrogens with zero attached hydrogens (tertiary/aromatic N) is 2. The highest BCUT2D eigenvalue weighted by molar-refractivity contribution is 5.29. The van der Waals surface area contributed by atoms with Gasteiger partial charge in [-0.15, -0.1) is 0 Å². The first-order valence-corrected chi connectivity index (χ1v) is 6.49. The molecule has 0 saturated heterocycles. The molecule has 1 N–H and O–H groups in total. The fraction of sp³-hybridized carbons (Fsp3) is 0.400. The Bertz CT molecular complexity index is 532. The average Bonchev–Trinajstić information content (AvgIpc) is 2.85. The van der Waals surface area contributed by atoms with Crippen molar-refractivity contribution in [3.63, 3.8) is 0 Å². The molecular formula is C15H20N2O2. The number of ether oxygens (including phenoxy) is 1. The lowest BCUT2D eigenvalue weighted by Crippen LogP contribution is -2.07. The Balaban J connectivity index is 2.06. The maximum absolute atomic E-state index is 9.55. The summed E-state index contributed by atoms with van der Waals surface area (Å²) in [5.41, 5.74) is 1.90. The van der Waals surface area contributed by atoms with Gasteiger partial charge in [0.25, 0.3) is 0 Å². The summed E-state index contributed by atoms with van der Waals surface area (Å²) < 4.78 is 7.84. The van der Waals surface area contributed by atoms with E-state index in [9.17, 15) is 5.11 Å². The predicted molar refractivity (Wildman–Crippen MR) is 74.0 cm³/mol. The first-order chi connectivity index (χ1) is 9.08. The largest absolute Gasteiger partial charge is 0.487 e. The minimum atomic E-state index is -0.482. The number of rotatable bonds is 5. The molecule has 2 aromatic rings. The van der Waals surface area contributed by atoms with Gasteiger partial charge in [0.05, 0.1) is 24.3 Å². The highest BCUT2D eigenvalue weighted by Crippen LogP contribution is 2.20. The van der Waals surface area contributed by atoms with Crippen LogP contribution in [0.15, 0.2) is 36.8 Å². The van der Waals surface area contributed by atoms with Crippen molar-refractivity contribution in [3.8, 4) is 5.75 Å². The van der Waals surface area contributed by atoms with Crippen LogP contribution in [0.5, 0.6) is 5.75 Å². The molecule has 0 fully saturated rings. The Morgan fingerprint density at radius 2 is 2.11 bits per heavy atom. The van der Waals surface area contributed by atoms with Crippen LogP contribution >= 0.6 is 0 Å². The summed E-state index contributed by atoms with van der Waals surface area (Å²) in [6, 6.07) is 7.89. The molecule has 0 aliphatic rings. The third-order valence-corrected chi connectivity index (χ3v) is 3.03. The van der Waals surface area contributed by atoms with Gasteiger partial charge in [0, 0.05) is 6.04 Å². The average molecular weight is 260 g/mol. The molecule has 102 valence electrons. The van der Waals surface area contributed by atoms with Crippen LogP contribution in [0.25, 0.3) is 0 Å². The van der Waals surface area contributed by atoms with E-state index in [1.165, 1.54) is 0 Å². The highest BCUT2D eigenvalue weighted by Gasteiger charge is 2.07. The smallest absolute Gasteiger partial charge is 0.130 e. The zero-order valence-corrected chi connectivity index (χ0v) is 11.6. The van der Waals surface area contributed by atoms with Gasteiger partial charge >= 0.3 is 0 Å². The summed E-state index contributed by atoms with van der Waals surface area (Å²) in [6.45, 7) is 6.44. The third kappa shape index (κ3) is 3.35. The first kappa shape index (κ1) is 13.6. The van der Waals surface area contributed by atoms with E-state index in [0.717, 1.165) is 17.0 Å². The van der Waals surface area contributed by atoms with E-state index in [0.29, 0.717) is 12.6 Å². The monoisotopic (exact) mass is 260 g/mol. The van der Waals surface area contributed by atoms with Gasteiger partial charge in [-0.05, 0) is 38.5 Å². The molecule has 19 heavy (non-hydrogen) atoms. The maximum atomic E-state index is 9.55. The lowest BCUT2D eigenvalue weighted by molar-refractivity contribution is 0.198. The second-order valence-electron chi connectivity index (χ2n) is 4.92. The van der Waals surface area contributed by atoms with Gasteiger partial charge in [-0.2, -0.15) is 0 Å². The van der Waals surface area contributed by atoms with Gasteiger partial charge in [0.15, 0.2) is 0 Å². The van der Waals surface area contributed by atoms with Crippen LogP contribution in [0.3, 0.4) is 0 Å². The number of hydrogen-bond donors (Lipinski definition) is 1. The molecule has 0 spiro atoms. The van der Waals surface area contributed by atoms with E-state index in [2.05, 4.69) is 23.4 Å². The third-order valence-electron chi connectivity index (χ3n) is 3.03. The SMILES string of the molecule is CC(C)n1cncc1COc1cccc([C@@H](C)O)c1. The van der Waals surface area contributed by atoms with Crippen LogP contribution in [0, 0.1) is 0 Å². The number of aliphatic hydroxyl groups is 1. The first-order valence-electron chi connectivity index (χ1n) is 6.49. The van der Waals surface area contributed by atoms with E-state index in [4.69, 9.17) is 4.74 Å². The number of aliphatic hydroxyl groups excluding tert-OH is 1. The topological polar surface area (TPSA) is 47.3 Å². The molecule has 4 nitrogen and oxygen atoms in total. The van der Waals surface area contributed by atoms with Gasteiger partial charge < -0.3 is 14.4 Å². The molecule has 1 aromatic heterocycles. The lowest BCUT2D eigenvalue weighted by atomic mass is 10.1. The lowest BCUT2D eigenvalue weighted by Gasteiger charge is -2.13. The molecule has 2 rings (SSSR count). The molecule has 0 unspecified atom stereocenters. The summed E-state index contributed by atoms with van der Waals surface area (Å²) in [7, 11) is 0. The molecule has 4 heteroatoms. The summed E-state index contributed by atoms with van der Waals surface area (Å²) in [5.74, 6) is 0.759. The summed E-state index contributed by atoms with van der Waals surface area (Å²) >= 11 is 0.